The normalized spacial score (nSPS) is 35.7. The monoisotopic (exact) mass is 227 g/mol. The van der Waals surface area contributed by atoms with Gasteiger partial charge in [0, 0.05) is 13.2 Å². The zero-order chi connectivity index (χ0) is 11.6. The van der Waals surface area contributed by atoms with Gasteiger partial charge in [-0.25, -0.2) is 0 Å². The van der Waals surface area contributed by atoms with E-state index in [9.17, 15) is 9.90 Å². The van der Waals surface area contributed by atoms with E-state index in [0.717, 1.165) is 45.4 Å². The van der Waals surface area contributed by atoms with E-state index in [1.807, 2.05) is 6.92 Å². The Morgan fingerprint density at radius 2 is 2.38 bits per heavy atom. The number of carboxylic acids is 1. The second-order valence-corrected chi connectivity index (χ2v) is 4.87. The summed E-state index contributed by atoms with van der Waals surface area (Å²) in [4.78, 5) is 13.6. The van der Waals surface area contributed by atoms with Crippen LogP contribution in [-0.2, 0) is 9.53 Å². The molecule has 0 amide bonds. The molecule has 0 aromatic carbocycles. The summed E-state index contributed by atoms with van der Waals surface area (Å²) in [6.07, 6.45) is 4.91. The van der Waals surface area contributed by atoms with Crippen molar-refractivity contribution in [2.75, 3.05) is 19.7 Å². The zero-order valence-corrected chi connectivity index (χ0v) is 9.95. The lowest BCUT2D eigenvalue weighted by Gasteiger charge is -2.35. The number of nitrogens with zero attached hydrogens (tertiary/aromatic N) is 1. The first-order valence-corrected chi connectivity index (χ1v) is 6.29. The average molecular weight is 227 g/mol. The van der Waals surface area contributed by atoms with Crippen LogP contribution in [0.5, 0.6) is 0 Å². The summed E-state index contributed by atoms with van der Waals surface area (Å²) >= 11 is 0. The third-order valence-corrected chi connectivity index (χ3v) is 4.05. The third-order valence-electron chi connectivity index (χ3n) is 4.05. The van der Waals surface area contributed by atoms with E-state index in [1.54, 1.807) is 0 Å². The molecule has 0 aromatic heterocycles. The molecule has 2 rings (SSSR count). The van der Waals surface area contributed by atoms with Crippen LogP contribution >= 0.6 is 0 Å². The van der Waals surface area contributed by atoms with Crippen molar-refractivity contribution >= 4 is 5.97 Å². The molecule has 0 bridgehead atoms. The summed E-state index contributed by atoms with van der Waals surface area (Å²) in [5, 5.41) is 9.43. The first-order valence-electron chi connectivity index (χ1n) is 6.29. The van der Waals surface area contributed by atoms with Gasteiger partial charge in [0.1, 0.15) is 5.54 Å². The number of hydrogen-bond donors (Lipinski definition) is 1. The number of carbonyl (C=O) groups is 1. The molecule has 0 saturated carbocycles. The van der Waals surface area contributed by atoms with Crippen molar-refractivity contribution in [2.24, 2.45) is 0 Å². The molecule has 2 aliphatic rings. The molecule has 1 N–H and O–H groups in total. The van der Waals surface area contributed by atoms with Gasteiger partial charge in [0.25, 0.3) is 0 Å². The maximum Gasteiger partial charge on any atom is 0.324 e. The third kappa shape index (κ3) is 1.96. The van der Waals surface area contributed by atoms with Gasteiger partial charge in [-0.2, -0.15) is 0 Å². The van der Waals surface area contributed by atoms with E-state index in [0.29, 0.717) is 6.42 Å². The Bertz CT molecular complexity index is 263. The van der Waals surface area contributed by atoms with E-state index in [2.05, 4.69) is 4.90 Å². The van der Waals surface area contributed by atoms with Gasteiger partial charge in [0.2, 0.25) is 0 Å². The van der Waals surface area contributed by atoms with E-state index < -0.39 is 11.5 Å². The fourth-order valence-electron chi connectivity index (χ4n) is 3.03. The fourth-order valence-corrected chi connectivity index (χ4v) is 3.03. The van der Waals surface area contributed by atoms with Crippen LogP contribution in [0.2, 0.25) is 0 Å². The van der Waals surface area contributed by atoms with Crippen LogP contribution in [0.1, 0.15) is 39.0 Å². The zero-order valence-electron chi connectivity index (χ0n) is 9.95. The summed E-state index contributed by atoms with van der Waals surface area (Å²) in [5.41, 5.74) is -0.619. The Hall–Kier alpha value is -0.610. The van der Waals surface area contributed by atoms with Crippen molar-refractivity contribution in [3.63, 3.8) is 0 Å². The van der Waals surface area contributed by atoms with Crippen molar-refractivity contribution in [2.45, 2.75) is 50.7 Å². The van der Waals surface area contributed by atoms with Gasteiger partial charge in [0.05, 0.1) is 6.10 Å². The lowest BCUT2D eigenvalue weighted by molar-refractivity contribution is -0.150. The minimum Gasteiger partial charge on any atom is -0.480 e. The van der Waals surface area contributed by atoms with Crippen LogP contribution in [-0.4, -0.2) is 47.3 Å². The van der Waals surface area contributed by atoms with Gasteiger partial charge < -0.3 is 9.84 Å². The maximum absolute atomic E-state index is 11.5. The van der Waals surface area contributed by atoms with Crippen LogP contribution in [0.3, 0.4) is 0 Å². The van der Waals surface area contributed by atoms with Crippen molar-refractivity contribution < 1.29 is 14.6 Å². The van der Waals surface area contributed by atoms with Gasteiger partial charge >= 0.3 is 5.97 Å². The first kappa shape index (κ1) is 11.9. The molecule has 0 aliphatic carbocycles. The second kappa shape index (κ2) is 4.72. The van der Waals surface area contributed by atoms with E-state index in [1.165, 1.54) is 0 Å². The Kier molecular flexibility index (Phi) is 3.50. The largest absolute Gasteiger partial charge is 0.480 e. The molecule has 0 radical (unpaired) electrons. The van der Waals surface area contributed by atoms with E-state index >= 15 is 0 Å². The highest BCUT2D eigenvalue weighted by molar-refractivity contribution is 5.79. The first-order chi connectivity index (χ1) is 7.69. The Morgan fingerprint density at radius 3 is 2.94 bits per heavy atom. The Morgan fingerprint density at radius 1 is 1.56 bits per heavy atom. The predicted octanol–water partition coefficient (Wildman–Crippen LogP) is 1.49. The fraction of sp³-hybridized carbons (Fsp3) is 0.917. The maximum atomic E-state index is 11.5. The summed E-state index contributed by atoms with van der Waals surface area (Å²) in [6.45, 7) is 4.51. The van der Waals surface area contributed by atoms with Crippen molar-refractivity contribution in [3.8, 4) is 0 Å². The van der Waals surface area contributed by atoms with Crippen molar-refractivity contribution in [3.05, 3.63) is 0 Å². The lowest BCUT2D eigenvalue weighted by atomic mass is 9.92. The predicted molar refractivity (Wildman–Crippen MR) is 60.4 cm³/mol. The van der Waals surface area contributed by atoms with Crippen LogP contribution in [0.15, 0.2) is 0 Å². The van der Waals surface area contributed by atoms with Crippen LogP contribution in [0.4, 0.5) is 0 Å². The molecule has 0 spiro atoms. The van der Waals surface area contributed by atoms with Crippen LogP contribution < -0.4 is 0 Å². The molecular formula is C12H21NO3. The van der Waals surface area contributed by atoms with Crippen molar-refractivity contribution in [1.29, 1.82) is 0 Å². The number of carboxylic acid groups (broad SMARTS) is 1. The number of rotatable bonds is 4. The molecule has 92 valence electrons. The number of hydrogen-bond acceptors (Lipinski definition) is 3. The molecule has 4 heteroatoms. The topological polar surface area (TPSA) is 49.8 Å². The van der Waals surface area contributed by atoms with Gasteiger partial charge in [0.15, 0.2) is 0 Å². The molecule has 4 nitrogen and oxygen atoms in total. The van der Waals surface area contributed by atoms with Crippen LogP contribution in [0.25, 0.3) is 0 Å². The average Bonchev–Trinajstić information content (AvgIpc) is 2.88. The molecule has 0 aromatic rings. The molecule has 2 fully saturated rings. The Balaban J connectivity index is 2.03. The highest BCUT2D eigenvalue weighted by Gasteiger charge is 2.46. The van der Waals surface area contributed by atoms with E-state index in [4.69, 9.17) is 4.74 Å². The lowest BCUT2D eigenvalue weighted by Crippen LogP contribution is -2.52. The molecule has 2 saturated heterocycles. The molecule has 2 atom stereocenters. The van der Waals surface area contributed by atoms with Crippen LogP contribution in [0, 0.1) is 0 Å². The molecule has 16 heavy (non-hydrogen) atoms. The van der Waals surface area contributed by atoms with E-state index in [-0.39, 0.29) is 6.10 Å². The smallest absolute Gasteiger partial charge is 0.324 e. The van der Waals surface area contributed by atoms with Gasteiger partial charge in [-0.1, -0.05) is 6.92 Å². The van der Waals surface area contributed by atoms with Gasteiger partial charge in [-0.05, 0) is 38.6 Å². The Labute approximate surface area is 96.6 Å². The quantitative estimate of drug-likeness (QED) is 0.790. The number of ether oxygens (including phenoxy) is 1. The molecule has 2 unspecified atom stereocenters. The summed E-state index contributed by atoms with van der Waals surface area (Å²) in [6, 6.07) is 0. The van der Waals surface area contributed by atoms with Gasteiger partial charge in [-0.15, -0.1) is 0 Å². The molecule has 2 aliphatic heterocycles. The molecule has 2 heterocycles. The minimum atomic E-state index is -0.662. The highest BCUT2D eigenvalue weighted by atomic mass is 16.5. The molecular weight excluding hydrogens is 206 g/mol. The highest BCUT2D eigenvalue weighted by Crippen LogP contribution is 2.33. The summed E-state index contributed by atoms with van der Waals surface area (Å²) in [7, 11) is 0. The summed E-state index contributed by atoms with van der Waals surface area (Å²) < 4.78 is 5.60. The number of likely N-dealkylation sites (tertiary alicyclic amines) is 1. The van der Waals surface area contributed by atoms with Crippen molar-refractivity contribution in [1.82, 2.24) is 4.90 Å². The SMILES string of the molecule is CCC1(C(=O)O)CCCN1CC1CCCO1. The standard InChI is InChI=1S/C12H21NO3/c1-2-12(11(14)15)6-4-7-13(12)9-10-5-3-8-16-10/h10H,2-9H2,1H3,(H,14,15). The van der Waals surface area contributed by atoms with Gasteiger partial charge in [-0.3, -0.25) is 9.69 Å². The summed E-state index contributed by atoms with van der Waals surface area (Å²) in [5.74, 6) is -0.662. The minimum absolute atomic E-state index is 0.253. The number of aliphatic carboxylic acids is 1. The second-order valence-electron chi connectivity index (χ2n) is 4.87.